The van der Waals surface area contributed by atoms with E-state index < -0.39 is 0 Å². The summed E-state index contributed by atoms with van der Waals surface area (Å²) in [5.41, 5.74) is 1.82. The molecule has 0 aliphatic carbocycles. The van der Waals surface area contributed by atoms with Crippen molar-refractivity contribution in [3.63, 3.8) is 0 Å². The van der Waals surface area contributed by atoms with E-state index in [2.05, 4.69) is 30.3 Å². The second-order valence-electron chi connectivity index (χ2n) is 12.0. The fourth-order valence-electron chi connectivity index (χ4n) is 5.72. The van der Waals surface area contributed by atoms with Gasteiger partial charge in [-0.2, -0.15) is 0 Å². The van der Waals surface area contributed by atoms with Gasteiger partial charge in [0.2, 0.25) is 0 Å². The van der Waals surface area contributed by atoms with Crippen LogP contribution in [0.5, 0.6) is 0 Å². The van der Waals surface area contributed by atoms with Crippen molar-refractivity contribution in [2.75, 3.05) is 59.5 Å². The lowest BCUT2D eigenvalue weighted by Gasteiger charge is -2.35. The third-order valence-electron chi connectivity index (χ3n) is 8.37. The van der Waals surface area contributed by atoms with E-state index >= 15 is 0 Å². The SMILES string of the molecule is c1ccc(CCCCCCCCC(CCCOCC2CO2)(CCCOCC2CO2)CCCOCC2CO2)cc1. The molecule has 3 unspecified atom stereocenters. The molecule has 0 saturated carbocycles. The first-order valence-electron chi connectivity index (χ1n) is 15.9. The molecule has 0 aromatic heterocycles. The predicted molar refractivity (Wildman–Crippen MR) is 154 cm³/mol. The van der Waals surface area contributed by atoms with E-state index in [0.29, 0.717) is 23.7 Å². The second-order valence-corrected chi connectivity index (χ2v) is 12.0. The van der Waals surface area contributed by atoms with Crippen molar-refractivity contribution in [2.45, 2.75) is 108 Å². The molecule has 3 aliphatic heterocycles. The van der Waals surface area contributed by atoms with E-state index in [-0.39, 0.29) is 0 Å². The molecule has 0 N–H and O–H groups in total. The fourth-order valence-corrected chi connectivity index (χ4v) is 5.72. The molecule has 0 bridgehead atoms. The highest BCUT2D eigenvalue weighted by atomic mass is 16.6. The van der Waals surface area contributed by atoms with Gasteiger partial charge in [0, 0.05) is 19.8 Å². The van der Waals surface area contributed by atoms with Crippen molar-refractivity contribution >= 4 is 0 Å². The second kappa shape index (κ2) is 18.4. The minimum atomic E-state index is 0.350. The van der Waals surface area contributed by atoms with Crippen molar-refractivity contribution in [3.05, 3.63) is 35.9 Å². The first-order chi connectivity index (χ1) is 19.3. The molecular weight excluding hydrogens is 492 g/mol. The number of rotatable bonds is 27. The Morgan fingerprint density at radius 3 is 1.41 bits per heavy atom. The third-order valence-corrected chi connectivity index (χ3v) is 8.37. The Balaban J connectivity index is 1.16. The Morgan fingerprint density at radius 2 is 0.949 bits per heavy atom. The molecular formula is C33H54O6. The average Bonchev–Trinajstić information content (AvgIpc) is 3.80. The highest BCUT2D eigenvalue weighted by Crippen LogP contribution is 2.40. The van der Waals surface area contributed by atoms with Crippen molar-refractivity contribution < 1.29 is 28.4 Å². The van der Waals surface area contributed by atoms with Crippen LogP contribution in [0, 0.1) is 5.41 Å². The van der Waals surface area contributed by atoms with E-state index in [4.69, 9.17) is 28.4 Å². The van der Waals surface area contributed by atoms with E-state index in [1.807, 2.05) is 0 Å². The van der Waals surface area contributed by atoms with E-state index in [0.717, 1.165) is 78.7 Å². The summed E-state index contributed by atoms with van der Waals surface area (Å²) in [6, 6.07) is 10.9. The lowest BCUT2D eigenvalue weighted by Crippen LogP contribution is -2.24. The summed E-state index contributed by atoms with van der Waals surface area (Å²) in [6.07, 6.45) is 18.6. The molecule has 1 aromatic carbocycles. The van der Waals surface area contributed by atoms with Crippen LogP contribution in [-0.2, 0) is 34.8 Å². The lowest BCUT2D eigenvalue weighted by atomic mass is 9.71. The molecule has 1 aromatic rings. The van der Waals surface area contributed by atoms with Gasteiger partial charge in [0.15, 0.2) is 0 Å². The quantitative estimate of drug-likeness (QED) is 0.0923. The van der Waals surface area contributed by atoms with Crippen LogP contribution in [-0.4, -0.2) is 77.8 Å². The van der Waals surface area contributed by atoms with Crippen LogP contribution in [0.1, 0.15) is 89.0 Å². The summed E-state index contributed by atoms with van der Waals surface area (Å²) in [5, 5.41) is 0. The van der Waals surface area contributed by atoms with Crippen molar-refractivity contribution in [1.82, 2.24) is 0 Å². The van der Waals surface area contributed by atoms with Crippen LogP contribution >= 0.6 is 0 Å². The van der Waals surface area contributed by atoms with Gasteiger partial charge in [-0.05, 0) is 68.8 Å². The van der Waals surface area contributed by atoms with Crippen LogP contribution in [0.15, 0.2) is 30.3 Å². The molecule has 3 heterocycles. The van der Waals surface area contributed by atoms with E-state index in [9.17, 15) is 0 Å². The maximum atomic E-state index is 5.92. The van der Waals surface area contributed by atoms with Gasteiger partial charge in [-0.1, -0.05) is 62.4 Å². The van der Waals surface area contributed by atoms with Gasteiger partial charge in [0.1, 0.15) is 18.3 Å². The van der Waals surface area contributed by atoms with Gasteiger partial charge in [-0.15, -0.1) is 0 Å². The van der Waals surface area contributed by atoms with Crippen LogP contribution in [0.2, 0.25) is 0 Å². The largest absolute Gasteiger partial charge is 0.379 e. The molecule has 3 fully saturated rings. The molecule has 39 heavy (non-hydrogen) atoms. The highest BCUT2D eigenvalue weighted by molar-refractivity contribution is 5.14. The molecule has 6 heteroatoms. The Morgan fingerprint density at radius 1 is 0.538 bits per heavy atom. The zero-order chi connectivity index (χ0) is 26.9. The Hall–Kier alpha value is -1.02. The molecule has 3 aliphatic rings. The maximum Gasteiger partial charge on any atom is 0.104 e. The summed E-state index contributed by atoms with van der Waals surface area (Å²) < 4.78 is 33.7. The Kier molecular flexibility index (Phi) is 14.6. The van der Waals surface area contributed by atoms with Gasteiger partial charge >= 0.3 is 0 Å². The number of benzene rings is 1. The summed E-state index contributed by atoms with van der Waals surface area (Å²) in [7, 11) is 0. The standard InChI is InChI=1S/C33H54O6/c1(3-6-13-29-14-7-5-8-15-29)2-4-9-16-33(17-10-20-34-23-30-26-37-30,18-11-21-35-24-31-27-38-31)19-12-22-36-25-32-28-39-32/h5,7-8,14-15,30-32H,1-4,6,9-13,16-28H2. The first kappa shape index (κ1) is 30.9. The minimum absolute atomic E-state index is 0.350. The molecule has 6 nitrogen and oxygen atoms in total. The monoisotopic (exact) mass is 546 g/mol. The topological polar surface area (TPSA) is 65.3 Å². The molecule has 0 spiro atoms. The number of ether oxygens (including phenoxy) is 6. The maximum absolute atomic E-state index is 5.92. The summed E-state index contributed by atoms with van der Waals surface area (Å²) in [6.45, 7) is 7.40. The number of epoxide rings is 3. The minimum Gasteiger partial charge on any atom is -0.379 e. The van der Waals surface area contributed by atoms with Gasteiger partial charge in [0.25, 0.3) is 0 Å². The van der Waals surface area contributed by atoms with E-state index in [1.54, 1.807) is 0 Å². The number of hydrogen-bond donors (Lipinski definition) is 0. The van der Waals surface area contributed by atoms with Gasteiger partial charge in [0.05, 0.1) is 39.6 Å². The fraction of sp³-hybridized carbons (Fsp3) is 0.818. The van der Waals surface area contributed by atoms with Gasteiger partial charge in [-0.25, -0.2) is 0 Å². The molecule has 0 radical (unpaired) electrons. The molecule has 222 valence electrons. The summed E-state index contributed by atoms with van der Waals surface area (Å²) in [5.74, 6) is 0. The van der Waals surface area contributed by atoms with Gasteiger partial charge < -0.3 is 28.4 Å². The van der Waals surface area contributed by atoms with Crippen LogP contribution < -0.4 is 0 Å². The normalized spacial score (nSPS) is 23.0. The van der Waals surface area contributed by atoms with Crippen molar-refractivity contribution in [1.29, 1.82) is 0 Å². The van der Waals surface area contributed by atoms with E-state index in [1.165, 1.54) is 76.2 Å². The van der Waals surface area contributed by atoms with Gasteiger partial charge in [-0.3, -0.25) is 0 Å². The first-order valence-corrected chi connectivity index (χ1v) is 15.9. The van der Waals surface area contributed by atoms with Crippen LogP contribution in [0.3, 0.4) is 0 Å². The molecule has 0 amide bonds. The Labute approximate surface area is 237 Å². The Bertz CT molecular complexity index is 676. The predicted octanol–water partition coefficient (Wildman–Crippen LogP) is 6.53. The summed E-state index contributed by atoms with van der Waals surface area (Å²) in [4.78, 5) is 0. The zero-order valence-electron chi connectivity index (χ0n) is 24.3. The highest BCUT2D eigenvalue weighted by Gasteiger charge is 2.30. The van der Waals surface area contributed by atoms with Crippen LogP contribution in [0.4, 0.5) is 0 Å². The lowest BCUT2D eigenvalue weighted by molar-refractivity contribution is 0.0679. The third kappa shape index (κ3) is 15.0. The number of aryl methyl sites for hydroxylation is 1. The smallest absolute Gasteiger partial charge is 0.104 e. The van der Waals surface area contributed by atoms with Crippen molar-refractivity contribution in [2.24, 2.45) is 5.41 Å². The molecule has 3 atom stereocenters. The average molecular weight is 547 g/mol. The van der Waals surface area contributed by atoms with Crippen molar-refractivity contribution in [3.8, 4) is 0 Å². The zero-order valence-corrected chi connectivity index (χ0v) is 24.3. The number of unbranched alkanes of at least 4 members (excludes halogenated alkanes) is 5. The summed E-state index contributed by atoms with van der Waals surface area (Å²) >= 11 is 0. The number of hydrogen-bond acceptors (Lipinski definition) is 6. The molecule has 4 rings (SSSR count). The van der Waals surface area contributed by atoms with Crippen LogP contribution in [0.25, 0.3) is 0 Å². The molecule has 3 saturated heterocycles.